The van der Waals surface area contributed by atoms with Gasteiger partial charge in [0.15, 0.2) is 0 Å². The van der Waals surface area contributed by atoms with E-state index in [2.05, 4.69) is 20.3 Å². The SMILES string of the molecule is Cc1nc2cc(C(F)(F)F)c([C@H](C)Nc3cnc(C(=O)N4C[C@@H](C)O[C@@H](C)C4)cc3F)cc2c(=O)[nH]1. The second-order valence-electron chi connectivity index (χ2n) is 8.99. The van der Waals surface area contributed by atoms with Gasteiger partial charge in [-0.1, -0.05) is 0 Å². The third-order valence-corrected chi connectivity index (χ3v) is 5.92. The minimum absolute atomic E-state index is 0.0224. The summed E-state index contributed by atoms with van der Waals surface area (Å²) in [5.74, 6) is -1.13. The van der Waals surface area contributed by atoms with Gasteiger partial charge in [0.05, 0.1) is 40.6 Å². The Balaban J connectivity index is 1.63. The van der Waals surface area contributed by atoms with Crippen molar-refractivity contribution in [2.45, 2.75) is 52.1 Å². The Morgan fingerprint density at radius 3 is 2.50 bits per heavy atom. The first kappa shape index (κ1) is 25.5. The van der Waals surface area contributed by atoms with Crippen LogP contribution in [0.25, 0.3) is 10.9 Å². The van der Waals surface area contributed by atoms with Crippen LogP contribution < -0.4 is 10.9 Å². The number of ether oxygens (including phenoxy) is 1. The normalized spacial score (nSPS) is 19.4. The van der Waals surface area contributed by atoms with Gasteiger partial charge in [0.1, 0.15) is 17.3 Å². The van der Waals surface area contributed by atoms with Crippen LogP contribution in [-0.4, -0.2) is 51.1 Å². The summed E-state index contributed by atoms with van der Waals surface area (Å²) in [6.07, 6.45) is -4.03. The van der Waals surface area contributed by atoms with Crippen molar-refractivity contribution in [1.29, 1.82) is 0 Å². The summed E-state index contributed by atoms with van der Waals surface area (Å²) in [7, 11) is 0. The van der Waals surface area contributed by atoms with E-state index in [9.17, 15) is 27.2 Å². The highest BCUT2D eigenvalue weighted by molar-refractivity contribution is 5.92. The maximum absolute atomic E-state index is 14.9. The van der Waals surface area contributed by atoms with Crippen molar-refractivity contribution in [3.05, 3.63) is 63.2 Å². The third kappa shape index (κ3) is 5.18. The van der Waals surface area contributed by atoms with E-state index in [0.29, 0.717) is 13.1 Å². The second-order valence-corrected chi connectivity index (χ2v) is 8.99. The van der Waals surface area contributed by atoms with Crippen LogP contribution in [0, 0.1) is 12.7 Å². The van der Waals surface area contributed by atoms with Gasteiger partial charge in [-0.2, -0.15) is 13.2 Å². The number of carbonyl (C=O) groups is 1. The largest absolute Gasteiger partial charge is 0.416 e. The van der Waals surface area contributed by atoms with Crippen LogP contribution in [0.5, 0.6) is 0 Å². The zero-order valence-corrected chi connectivity index (χ0v) is 20.0. The Morgan fingerprint density at radius 1 is 1.22 bits per heavy atom. The van der Waals surface area contributed by atoms with Crippen LogP contribution in [0.1, 0.15) is 54.3 Å². The Labute approximate surface area is 203 Å². The maximum Gasteiger partial charge on any atom is 0.416 e. The molecule has 12 heteroatoms. The number of aromatic nitrogens is 3. The first-order chi connectivity index (χ1) is 16.8. The van der Waals surface area contributed by atoms with Crippen LogP contribution in [0.15, 0.2) is 29.2 Å². The van der Waals surface area contributed by atoms with Gasteiger partial charge in [-0.05, 0) is 45.4 Å². The molecule has 4 rings (SSSR count). The molecule has 1 fully saturated rings. The molecule has 2 N–H and O–H groups in total. The highest BCUT2D eigenvalue weighted by Crippen LogP contribution is 2.37. The van der Waals surface area contributed by atoms with Crippen molar-refractivity contribution in [3.63, 3.8) is 0 Å². The lowest BCUT2D eigenvalue weighted by molar-refractivity contribution is -0.138. The van der Waals surface area contributed by atoms with Crippen molar-refractivity contribution in [3.8, 4) is 0 Å². The smallest absolute Gasteiger partial charge is 0.375 e. The van der Waals surface area contributed by atoms with Crippen LogP contribution >= 0.6 is 0 Å². The molecule has 1 aliphatic rings. The van der Waals surface area contributed by atoms with E-state index in [1.165, 1.54) is 18.7 Å². The number of aromatic amines is 1. The number of hydrogen-bond donors (Lipinski definition) is 2. The number of hydrogen-bond acceptors (Lipinski definition) is 6. The van der Waals surface area contributed by atoms with Crippen LogP contribution in [0.2, 0.25) is 0 Å². The number of anilines is 1. The van der Waals surface area contributed by atoms with Crippen molar-refractivity contribution in [1.82, 2.24) is 19.9 Å². The molecule has 1 amide bonds. The molecule has 0 bridgehead atoms. The Bertz CT molecular complexity index is 1360. The quantitative estimate of drug-likeness (QED) is 0.514. The fraction of sp³-hybridized carbons (Fsp3) is 0.417. The van der Waals surface area contributed by atoms with Crippen molar-refractivity contribution < 1.29 is 27.1 Å². The lowest BCUT2D eigenvalue weighted by Crippen LogP contribution is -2.48. The van der Waals surface area contributed by atoms with Gasteiger partial charge in [0, 0.05) is 25.2 Å². The van der Waals surface area contributed by atoms with E-state index in [4.69, 9.17) is 4.74 Å². The number of morpholine rings is 1. The van der Waals surface area contributed by atoms with Crippen LogP contribution in [-0.2, 0) is 10.9 Å². The fourth-order valence-corrected chi connectivity index (χ4v) is 4.39. The number of nitrogens with one attached hydrogen (secondary N) is 2. The zero-order valence-electron chi connectivity index (χ0n) is 20.0. The van der Waals surface area contributed by atoms with E-state index in [0.717, 1.165) is 24.4 Å². The summed E-state index contributed by atoms with van der Waals surface area (Å²) in [6, 6.07) is 1.80. The van der Waals surface area contributed by atoms with Gasteiger partial charge in [-0.15, -0.1) is 0 Å². The van der Waals surface area contributed by atoms with E-state index in [-0.39, 0.29) is 45.9 Å². The monoisotopic (exact) mass is 507 g/mol. The summed E-state index contributed by atoms with van der Waals surface area (Å²) in [5.41, 5.74) is -2.25. The van der Waals surface area contributed by atoms with Gasteiger partial charge in [-0.3, -0.25) is 9.59 Å². The predicted octanol–water partition coefficient (Wildman–Crippen LogP) is 4.21. The number of nitrogens with zero attached hydrogens (tertiary/aromatic N) is 3. The number of aryl methyl sites for hydroxylation is 1. The number of pyridine rings is 1. The van der Waals surface area contributed by atoms with Gasteiger partial charge in [-0.25, -0.2) is 14.4 Å². The summed E-state index contributed by atoms with van der Waals surface area (Å²) in [4.78, 5) is 37.1. The molecule has 0 spiro atoms. The summed E-state index contributed by atoms with van der Waals surface area (Å²) >= 11 is 0. The number of rotatable bonds is 4. The predicted molar refractivity (Wildman–Crippen MR) is 124 cm³/mol. The van der Waals surface area contributed by atoms with Gasteiger partial charge < -0.3 is 19.9 Å². The van der Waals surface area contributed by atoms with Crippen LogP contribution in [0.4, 0.5) is 23.2 Å². The number of carbonyl (C=O) groups excluding carboxylic acids is 1. The molecule has 0 unspecified atom stereocenters. The molecular weight excluding hydrogens is 482 g/mol. The fourth-order valence-electron chi connectivity index (χ4n) is 4.39. The van der Waals surface area contributed by atoms with Gasteiger partial charge in [0.2, 0.25) is 0 Å². The zero-order chi connectivity index (χ0) is 26.4. The van der Waals surface area contributed by atoms with E-state index >= 15 is 0 Å². The number of alkyl halides is 3. The molecule has 1 aliphatic heterocycles. The summed E-state index contributed by atoms with van der Waals surface area (Å²) < 4.78 is 62.1. The average Bonchev–Trinajstić information content (AvgIpc) is 2.77. The van der Waals surface area contributed by atoms with Crippen LogP contribution in [0.3, 0.4) is 0 Å². The number of fused-ring (bicyclic) bond motifs is 1. The summed E-state index contributed by atoms with van der Waals surface area (Å²) in [5, 5.41) is 2.66. The molecule has 192 valence electrons. The second kappa shape index (κ2) is 9.49. The Hall–Kier alpha value is -3.54. The lowest BCUT2D eigenvalue weighted by Gasteiger charge is -2.35. The number of H-pyrrole nitrogens is 1. The molecule has 2 aromatic heterocycles. The Kier molecular flexibility index (Phi) is 6.74. The molecule has 8 nitrogen and oxygen atoms in total. The third-order valence-electron chi connectivity index (χ3n) is 5.92. The Morgan fingerprint density at radius 2 is 1.89 bits per heavy atom. The maximum atomic E-state index is 14.9. The molecule has 3 heterocycles. The standard InChI is InChI=1S/C24H25F4N5O3/c1-11-9-33(10-12(2)36-11)23(35)20-7-18(25)21(8-29-20)30-13(3)15-5-16-19(6-17(15)24(26,27)28)31-14(4)32-22(16)34/h5-8,11-13,30H,9-10H2,1-4H3,(H,31,32,34)/t11-,12+,13-/m0/s1. The van der Waals surface area contributed by atoms with Crippen molar-refractivity contribution in [2.75, 3.05) is 18.4 Å². The summed E-state index contributed by atoms with van der Waals surface area (Å²) in [6.45, 7) is 7.19. The number of halogens is 4. The first-order valence-electron chi connectivity index (χ1n) is 11.3. The molecule has 0 radical (unpaired) electrons. The van der Waals surface area contributed by atoms with Gasteiger partial charge in [0.25, 0.3) is 11.5 Å². The average molecular weight is 507 g/mol. The molecule has 1 aromatic carbocycles. The highest BCUT2D eigenvalue weighted by Gasteiger charge is 2.36. The molecule has 0 saturated carbocycles. The van der Waals surface area contributed by atoms with Gasteiger partial charge >= 0.3 is 6.18 Å². The van der Waals surface area contributed by atoms with E-state index in [1.807, 2.05) is 13.8 Å². The number of amides is 1. The first-order valence-corrected chi connectivity index (χ1v) is 11.3. The highest BCUT2D eigenvalue weighted by atomic mass is 19.4. The molecule has 0 aliphatic carbocycles. The lowest BCUT2D eigenvalue weighted by atomic mass is 9.98. The van der Waals surface area contributed by atoms with E-state index < -0.39 is 35.1 Å². The number of benzene rings is 1. The molecule has 36 heavy (non-hydrogen) atoms. The van der Waals surface area contributed by atoms with Crippen molar-refractivity contribution >= 4 is 22.5 Å². The molecular formula is C24H25F4N5O3. The molecule has 3 aromatic rings. The molecule has 3 atom stereocenters. The van der Waals surface area contributed by atoms with E-state index in [1.54, 1.807) is 0 Å². The minimum Gasteiger partial charge on any atom is -0.375 e. The topological polar surface area (TPSA) is 100 Å². The molecule has 1 saturated heterocycles. The minimum atomic E-state index is -4.74. The van der Waals surface area contributed by atoms with Crippen molar-refractivity contribution in [2.24, 2.45) is 0 Å².